The Labute approximate surface area is 102 Å². The van der Waals surface area contributed by atoms with Gasteiger partial charge in [-0.05, 0) is 25.7 Å². The largest absolute Gasteiger partial charge is 0.382 e. The van der Waals surface area contributed by atoms with Crippen molar-refractivity contribution in [1.82, 2.24) is 14.9 Å². The van der Waals surface area contributed by atoms with Gasteiger partial charge in [-0.3, -0.25) is 4.90 Å². The van der Waals surface area contributed by atoms with Crippen LogP contribution in [0.4, 0.5) is 11.6 Å². The molecule has 2 fully saturated rings. The number of nitrogens with one attached hydrogen (secondary N) is 1. The molecular formula is C12H21N5. The molecular weight excluding hydrogens is 214 g/mol. The molecule has 0 radical (unpaired) electrons. The first kappa shape index (κ1) is 10.9. The summed E-state index contributed by atoms with van der Waals surface area (Å²) in [5.41, 5.74) is 5.92. The maximum absolute atomic E-state index is 5.92. The zero-order valence-electron chi connectivity index (χ0n) is 10.4. The molecule has 1 aromatic rings. The van der Waals surface area contributed by atoms with Gasteiger partial charge in [-0.1, -0.05) is 0 Å². The Balaban J connectivity index is 1.58. The number of aromatic nitrogens is 2. The third-order valence-corrected chi connectivity index (χ3v) is 3.72. The summed E-state index contributed by atoms with van der Waals surface area (Å²) in [5.74, 6) is 3.53. The Morgan fingerprint density at radius 3 is 2.53 bits per heavy atom. The summed E-state index contributed by atoms with van der Waals surface area (Å²) in [6.45, 7) is 7.61. The third-order valence-electron chi connectivity index (χ3n) is 3.72. The lowest BCUT2D eigenvalue weighted by Crippen LogP contribution is -2.47. The average Bonchev–Trinajstić information content (AvgIpc) is 3.05. The van der Waals surface area contributed by atoms with Gasteiger partial charge < -0.3 is 15.6 Å². The van der Waals surface area contributed by atoms with E-state index in [1.807, 2.05) is 6.92 Å². The van der Waals surface area contributed by atoms with Crippen molar-refractivity contribution in [2.45, 2.75) is 19.8 Å². The lowest BCUT2D eigenvalue weighted by molar-refractivity contribution is 0.248. The van der Waals surface area contributed by atoms with E-state index in [0.717, 1.165) is 43.7 Å². The molecule has 3 rings (SSSR count). The number of nitrogens with zero attached hydrogens (tertiary/aromatic N) is 3. The van der Waals surface area contributed by atoms with E-state index in [9.17, 15) is 0 Å². The van der Waals surface area contributed by atoms with Crippen LogP contribution in [0.2, 0.25) is 0 Å². The number of H-pyrrole nitrogens is 1. The predicted octanol–water partition coefficient (Wildman–Crippen LogP) is 0.832. The van der Waals surface area contributed by atoms with E-state index < -0.39 is 0 Å². The predicted molar refractivity (Wildman–Crippen MR) is 69.1 cm³/mol. The number of rotatable bonds is 3. The van der Waals surface area contributed by atoms with Gasteiger partial charge >= 0.3 is 0 Å². The van der Waals surface area contributed by atoms with Crippen LogP contribution in [0.5, 0.6) is 0 Å². The third kappa shape index (κ3) is 2.39. The summed E-state index contributed by atoms with van der Waals surface area (Å²) in [6.07, 6.45) is 2.87. The van der Waals surface area contributed by atoms with E-state index in [2.05, 4.69) is 19.8 Å². The van der Waals surface area contributed by atoms with Crippen LogP contribution in [0.3, 0.4) is 0 Å². The minimum absolute atomic E-state index is 0.707. The molecule has 3 N–H and O–H groups in total. The van der Waals surface area contributed by atoms with E-state index in [1.54, 1.807) is 0 Å². The molecule has 0 unspecified atom stereocenters. The fourth-order valence-electron chi connectivity index (χ4n) is 2.55. The molecule has 0 aromatic carbocycles. The van der Waals surface area contributed by atoms with Gasteiger partial charge in [0, 0.05) is 32.7 Å². The monoisotopic (exact) mass is 235 g/mol. The van der Waals surface area contributed by atoms with Crippen LogP contribution in [0.15, 0.2) is 0 Å². The van der Waals surface area contributed by atoms with Crippen molar-refractivity contribution in [3.63, 3.8) is 0 Å². The first-order chi connectivity index (χ1) is 8.22. The van der Waals surface area contributed by atoms with Crippen LogP contribution in [-0.4, -0.2) is 47.6 Å². The molecule has 2 heterocycles. The summed E-state index contributed by atoms with van der Waals surface area (Å²) >= 11 is 0. The lowest BCUT2D eigenvalue weighted by atomic mass is 10.3. The highest BCUT2D eigenvalue weighted by Crippen LogP contribution is 2.30. The number of piperazine rings is 1. The molecule has 0 amide bonds. The Bertz CT molecular complexity index is 388. The molecule has 2 aliphatic rings. The standard InChI is InChI=1S/C12H21N5/c1-9-14-11(13)12(15-9)17-6-4-16(5-7-17)8-10-2-3-10/h10H,2-8,13H2,1H3,(H,14,15). The molecule has 94 valence electrons. The van der Waals surface area contributed by atoms with Gasteiger partial charge in [0.2, 0.25) is 0 Å². The summed E-state index contributed by atoms with van der Waals surface area (Å²) in [5, 5.41) is 0. The molecule has 1 saturated heterocycles. The topological polar surface area (TPSA) is 61.2 Å². The van der Waals surface area contributed by atoms with Gasteiger partial charge in [-0.15, -0.1) is 0 Å². The first-order valence-electron chi connectivity index (χ1n) is 6.52. The summed E-state index contributed by atoms with van der Waals surface area (Å²) in [6, 6.07) is 0. The van der Waals surface area contributed by atoms with Gasteiger partial charge in [0.25, 0.3) is 0 Å². The molecule has 5 heteroatoms. The minimum atomic E-state index is 0.707. The van der Waals surface area contributed by atoms with E-state index >= 15 is 0 Å². The fraction of sp³-hybridized carbons (Fsp3) is 0.750. The van der Waals surface area contributed by atoms with E-state index in [-0.39, 0.29) is 0 Å². The second-order valence-corrected chi connectivity index (χ2v) is 5.29. The molecule has 1 aliphatic heterocycles. The van der Waals surface area contributed by atoms with Crippen LogP contribution in [0.1, 0.15) is 18.7 Å². The number of hydrogen-bond acceptors (Lipinski definition) is 4. The normalized spacial score (nSPS) is 22.1. The van der Waals surface area contributed by atoms with Gasteiger partial charge in [0.05, 0.1) is 0 Å². The van der Waals surface area contributed by atoms with E-state index in [1.165, 1.54) is 19.4 Å². The molecule has 1 saturated carbocycles. The molecule has 0 bridgehead atoms. The Morgan fingerprint density at radius 2 is 2.00 bits per heavy atom. The van der Waals surface area contributed by atoms with Crippen molar-refractivity contribution in [3.05, 3.63) is 5.82 Å². The molecule has 1 aromatic heterocycles. The van der Waals surface area contributed by atoms with Gasteiger partial charge in [0.1, 0.15) is 11.6 Å². The second kappa shape index (κ2) is 4.22. The smallest absolute Gasteiger partial charge is 0.171 e. The maximum atomic E-state index is 5.92. The van der Waals surface area contributed by atoms with Crippen LogP contribution < -0.4 is 10.6 Å². The fourth-order valence-corrected chi connectivity index (χ4v) is 2.55. The average molecular weight is 235 g/mol. The van der Waals surface area contributed by atoms with Crippen LogP contribution >= 0.6 is 0 Å². The lowest BCUT2D eigenvalue weighted by Gasteiger charge is -2.35. The van der Waals surface area contributed by atoms with E-state index in [4.69, 9.17) is 5.73 Å². The number of nitrogen functional groups attached to an aromatic ring is 1. The zero-order chi connectivity index (χ0) is 11.8. The highest BCUT2D eigenvalue weighted by Gasteiger charge is 2.27. The molecule has 17 heavy (non-hydrogen) atoms. The minimum Gasteiger partial charge on any atom is -0.382 e. The van der Waals surface area contributed by atoms with Crippen molar-refractivity contribution in [1.29, 1.82) is 0 Å². The number of hydrogen-bond donors (Lipinski definition) is 2. The maximum Gasteiger partial charge on any atom is 0.171 e. The van der Waals surface area contributed by atoms with Gasteiger partial charge in [-0.25, -0.2) is 4.98 Å². The number of imidazole rings is 1. The highest BCUT2D eigenvalue weighted by atomic mass is 15.3. The Kier molecular flexibility index (Phi) is 2.70. The van der Waals surface area contributed by atoms with E-state index in [0.29, 0.717) is 5.82 Å². The first-order valence-corrected chi connectivity index (χ1v) is 6.52. The Hall–Kier alpha value is -1.23. The number of aryl methyl sites for hydroxylation is 1. The summed E-state index contributed by atoms with van der Waals surface area (Å²) in [7, 11) is 0. The van der Waals surface area contributed by atoms with Crippen molar-refractivity contribution in [2.75, 3.05) is 43.4 Å². The quantitative estimate of drug-likeness (QED) is 0.814. The summed E-state index contributed by atoms with van der Waals surface area (Å²) in [4.78, 5) is 12.4. The molecule has 0 atom stereocenters. The summed E-state index contributed by atoms with van der Waals surface area (Å²) < 4.78 is 0. The van der Waals surface area contributed by atoms with Crippen molar-refractivity contribution < 1.29 is 0 Å². The SMILES string of the molecule is Cc1nc(N2CCN(CC3CC3)CC2)c(N)[nH]1. The molecule has 5 nitrogen and oxygen atoms in total. The number of nitrogens with two attached hydrogens (primary N) is 1. The van der Waals surface area contributed by atoms with Gasteiger partial charge in [-0.2, -0.15) is 0 Å². The molecule has 0 spiro atoms. The zero-order valence-corrected chi connectivity index (χ0v) is 10.4. The highest BCUT2D eigenvalue weighted by molar-refractivity contribution is 5.59. The van der Waals surface area contributed by atoms with Crippen molar-refractivity contribution in [2.24, 2.45) is 5.92 Å². The van der Waals surface area contributed by atoms with Gasteiger partial charge in [0.15, 0.2) is 5.82 Å². The second-order valence-electron chi connectivity index (χ2n) is 5.29. The number of aromatic amines is 1. The van der Waals surface area contributed by atoms with Crippen molar-refractivity contribution in [3.8, 4) is 0 Å². The number of anilines is 2. The van der Waals surface area contributed by atoms with Crippen LogP contribution in [0, 0.1) is 12.8 Å². The molecule has 1 aliphatic carbocycles. The Morgan fingerprint density at radius 1 is 1.29 bits per heavy atom. The van der Waals surface area contributed by atoms with Crippen LogP contribution in [-0.2, 0) is 0 Å². The van der Waals surface area contributed by atoms with Crippen molar-refractivity contribution >= 4 is 11.6 Å². The van der Waals surface area contributed by atoms with Crippen LogP contribution in [0.25, 0.3) is 0 Å².